The van der Waals surface area contributed by atoms with Gasteiger partial charge in [0.25, 0.3) is 0 Å². The highest BCUT2D eigenvalue weighted by Gasteiger charge is 2.03. The molecule has 0 saturated carbocycles. The smallest absolute Gasteiger partial charge is 0.0535 e. The molecular formula is C8H14IN3. The van der Waals surface area contributed by atoms with E-state index in [0.717, 1.165) is 13.1 Å². The number of alkyl halides is 1. The third kappa shape index (κ3) is 2.75. The van der Waals surface area contributed by atoms with Gasteiger partial charge in [0.05, 0.1) is 6.20 Å². The van der Waals surface area contributed by atoms with Crippen LogP contribution >= 0.6 is 22.6 Å². The van der Waals surface area contributed by atoms with Gasteiger partial charge in [-0.05, 0) is 14.0 Å². The second-order valence-corrected chi connectivity index (χ2v) is 4.03. The van der Waals surface area contributed by atoms with E-state index in [1.807, 2.05) is 6.20 Å². The van der Waals surface area contributed by atoms with E-state index in [4.69, 9.17) is 0 Å². The predicted molar refractivity (Wildman–Crippen MR) is 58.5 cm³/mol. The average molecular weight is 279 g/mol. The third-order valence-electron chi connectivity index (χ3n) is 1.84. The molecular weight excluding hydrogens is 265 g/mol. The van der Waals surface area contributed by atoms with Crippen molar-refractivity contribution in [1.29, 1.82) is 0 Å². The molecule has 1 heterocycles. The van der Waals surface area contributed by atoms with E-state index < -0.39 is 0 Å². The second-order valence-electron chi connectivity index (χ2n) is 2.95. The van der Waals surface area contributed by atoms with E-state index in [1.54, 1.807) is 0 Å². The lowest BCUT2D eigenvalue weighted by molar-refractivity contribution is 0.350. The summed E-state index contributed by atoms with van der Waals surface area (Å²) in [4.78, 5) is 2.30. The van der Waals surface area contributed by atoms with Gasteiger partial charge in [-0.2, -0.15) is 5.10 Å². The Kier molecular flexibility index (Phi) is 4.00. The zero-order chi connectivity index (χ0) is 8.97. The maximum atomic E-state index is 3.98. The van der Waals surface area contributed by atoms with Crippen molar-refractivity contribution in [3.63, 3.8) is 0 Å². The minimum Gasteiger partial charge on any atom is -0.301 e. The van der Waals surface area contributed by atoms with E-state index in [2.05, 4.69) is 51.7 Å². The van der Waals surface area contributed by atoms with Crippen LogP contribution in [-0.4, -0.2) is 33.1 Å². The molecule has 0 saturated heterocycles. The van der Waals surface area contributed by atoms with Crippen molar-refractivity contribution in [2.75, 3.05) is 18.0 Å². The van der Waals surface area contributed by atoms with E-state index in [1.165, 1.54) is 15.7 Å². The van der Waals surface area contributed by atoms with E-state index in [0.29, 0.717) is 0 Å². The number of rotatable bonds is 4. The van der Waals surface area contributed by atoms with Crippen LogP contribution in [0.1, 0.15) is 11.3 Å². The maximum absolute atomic E-state index is 3.98. The number of aryl methyl sites for hydroxylation is 1. The topological polar surface area (TPSA) is 31.9 Å². The van der Waals surface area contributed by atoms with Crippen LogP contribution in [0.25, 0.3) is 0 Å². The summed E-state index contributed by atoms with van der Waals surface area (Å²) in [5.41, 5.74) is 2.47. The number of aromatic amines is 1. The second kappa shape index (κ2) is 4.81. The van der Waals surface area contributed by atoms with Gasteiger partial charge in [0.2, 0.25) is 0 Å². The molecule has 1 aromatic rings. The first-order valence-corrected chi connectivity index (χ1v) is 5.50. The monoisotopic (exact) mass is 279 g/mol. The number of hydrogen-bond acceptors (Lipinski definition) is 2. The van der Waals surface area contributed by atoms with Crippen LogP contribution < -0.4 is 0 Å². The van der Waals surface area contributed by atoms with Crippen molar-refractivity contribution in [3.05, 3.63) is 17.5 Å². The predicted octanol–water partition coefficient (Wildman–Crippen LogP) is 1.58. The number of halogens is 1. The fourth-order valence-corrected chi connectivity index (χ4v) is 1.87. The fraction of sp³-hybridized carbons (Fsp3) is 0.625. The van der Waals surface area contributed by atoms with Crippen LogP contribution in [0.2, 0.25) is 0 Å². The van der Waals surface area contributed by atoms with Gasteiger partial charge >= 0.3 is 0 Å². The zero-order valence-electron chi connectivity index (χ0n) is 7.47. The highest BCUT2D eigenvalue weighted by molar-refractivity contribution is 14.1. The Hall–Kier alpha value is -0.100. The first-order valence-electron chi connectivity index (χ1n) is 3.97. The molecule has 1 N–H and O–H groups in total. The van der Waals surface area contributed by atoms with E-state index in [9.17, 15) is 0 Å². The lowest BCUT2D eigenvalue weighted by Gasteiger charge is -2.13. The molecule has 12 heavy (non-hydrogen) atoms. The minimum atomic E-state index is 0.991. The minimum absolute atomic E-state index is 0.991. The van der Waals surface area contributed by atoms with Crippen LogP contribution in [0.15, 0.2) is 6.20 Å². The lowest BCUT2D eigenvalue weighted by atomic mass is 10.2. The molecule has 0 spiro atoms. The normalized spacial score (nSPS) is 11.0. The average Bonchev–Trinajstić information content (AvgIpc) is 2.37. The van der Waals surface area contributed by atoms with Crippen molar-refractivity contribution in [2.45, 2.75) is 13.5 Å². The molecule has 4 heteroatoms. The van der Waals surface area contributed by atoms with Crippen LogP contribution in [0.5, 0.6) is 0 Å². The van der Waals surface area contributed by atoms with Gasteiger partial charge in [-0.1, -0.05) is 22.6 Å². The van der Waals surface area contributed by atoms with Gasteiger partial charge in [0.15, 0.2) is 0 Å². The Morgan fingerprint density at radius 2 is 2.42 bits per heavy atom. The highest BCUT2D eigenvalue weighted by atomic mass is 127. The van der Waals surface area contributed by atoms with Gasteiger partial charge in [-0.15, -0.1) is 0 Å². The summed E-state index contributed by atoms with van der Waals surface area (Å²) < 4.78 is 1.17. The largest absolute Gasteiger partial charge is 0.301 e. The van der Waals surface area contributed by atoms with Crippen molar-refractivity contribution in [1.82, 2.24) is 15.1 Å². The van der Waals surface area contributed by atoms with Gasteiger partial charge in [-0.25, -0.2) is 0 Å². The van der Waals surface area contributed by atoms with Crippen molar-refractivity contribution < 1.29 is 0 Å². The van der Waals surface area contributed by atoms with Crippen molar-refractivity contribution in [2.24, 2.45) is 0 Å². The zero-order valence-corrected chi connectivity index (χ0v) is 9.63. The van der Waals surface area contributed by atoms with Crippen LogP contribution in [-0.2, 0) is 6.54 Å². The summed E-state index contributed by atoms with van der Waals surface area (Å²) in [6.45, 7) is 4.18. The van der Waals surface area contributed by atoms with Gasteiger partial charge in [0.1, 0.15) is 0 Å². The molecule has 1 rings (SSSR count). The summed E-state index contributed by atoms with van der Waals surface area (Å²) in [6.07, 6.45) is 1.90. The number of nitrogens with one attached hydrogen (secondary N) is 1. The molecule has 0 amide bonds. The fourth-order valence-electron chi connectivity index (χ4n) is 1.05. The summed E-state index contributed by atoms with van der Waals surface area (Å²) >= 11 is 2.39. The van der Waals surface area contributed by atoms with E-state index in [-0.39, 0.29) is 0 Å². The molecule has 0 aromatic carbocycles. The van der Waals surface area contributed by atoms with Crippen LogP contribution in [0.3, 0.4) is 0 Å². The molecule has 3 nitrogen and oxygen atoms in total. The number of aromatic nitrogens is 2. The highest BCUT2D eigenvalue weighted by Crippen LogP contribution is 2.05. The molecule has 0 bridgehead atoms. The van der Waals surface area contributed by atoms with Gasteiger partial charge < -0.3 is 4.90 Å². The lowest BCUT2D eigenvalue weighted by Crippen LogP contribution is -2.19. The summed E-state index contributed by atoms with van der Waals surface area (Å²) in [7, 11) is 2.13. The first kappa shape index (κ1) is 9.98. The Morgan fingerprint density at radius 1 is 1.67 bits per heavy atom. The SMILES string of the molecule is Cc1[nH]ncc1CN(C)CCI. The number of hydrogen-bond donors (Lipinski definition) is 1. The molecule has 1 aromatic heterocycles. The standard InChI is InChI=1S/C8H14IN3/c1-7-8(5-10-11-7)6-12(2)4-3-9/h5H,3-4,6H2,1-2H3,(H,10,11). The molecule has 0 aliphatic heterocycles. The molecule has 0 fully saturated rings. The molecule has 0 aliphatic rings. The van der Waals surface area contributed by atoms with Gasteiger partial charge in [-0.3, -0.25) is 5.10 Å². The molecule has 0 unspecified atom stereocenters. The first-order chi connectivity index (χ1) is 5.74. The van der Waals surface area contributed by atoms with E-state index >= 15 is 0 Å². The Bertz CT molecular complexity index is 234. The van der Waals surface area contributed by atoms with Crippen molar-refractivity contribution >= 4 is 22.6 Å². The quantitative estimate of drug-likeness (QED) is 0.670. The Labute approximate surface area is 86.7 Å². The molecule has 68 valence electrons. The van der Waals surface area contributed by atoms with Crippen LogP contribution in [0, 0.1) is 6.92 Å². The summed E-state index contributed by atoms with van der Waals surface area (Å²) in [5.74, 6) is 0. The Balaban J connectivity index is 2.46. The molecule has 0 aliphatic carbocycles. The van der Waals surface area contributed by atoms with Gasteiger partial charge in [0, 0.05) is 28.8 Å². The Morgan fingerprint density at radius 3 is 2.92 bits per heavy atom. The summed E-state index contributed by atoms with van der Waals surface area (Å²) in [6, 6.07) is 0. The number of H-pyrrole nitrogens is 1. The van der Waals surface area contributed by atoms with Crippen molar-refractivity contribution in [3.8, 4) is 0 Å². The number of nitrogens with zero attached hydrogens (tertiary/aromatic N) is 2. The molecule has 0 radical (unpaired) electrons. The maximum Gasteiger partial charge on any atom is 0.0535 e. The molecule has 0 atom stereocenters. The third-order valence-corrected chi connectivity index (χ3v) is 2.32. The van der Waals surface area contributed by atoms with Crippen LogP contribution in [0.4, 0.5) is 0 Å². The summed E-state index contributed by atoms with van der Waals surface area (Å²) in [5, 5.41) is 6.92.